The van der Waals surface area contributed by atoms with Crippen molar-refractivity contribution in [2.75, 3.05) is 12.8 Å². The molecule has 0 aliphatic heterocycles. The molecular formula is C7H10N2O3. The number of hydrogen-bond donors (Lipinski definition) is 1. The quantitative estimate of drug-likeness (QED) is 0.657. The number of aromatic nitrogens is 1. The number of ether oxygens (including phenoxy) is 1. The van der Waals surface area contributed by atoms with E-state index in [9.17, 15) is 4.79 Å². The number of anilines is 1. The van der Waals surface area contributed by atoms with Crippen LogP contribution in [0.25, 0.3) is 0 Å². The van der Waals surface area contributed by atoms with Crippen LogP contribution >= 0.6 is 0 Å². The smallest absolute Gasteiger partial charge is 0.360 e. The number of carbonyl (C=O) groups excluding carboxylic acids is 1. The Bertz CT molecular complexity index is 293. The Morgan fingerprint density at radius 2 is 2.42 bits per heavy atom. The van der Waals surface area contributed by atoms with Gasteiger partial charge >= 0.3 is 5.97 Å². The third-order valence-electron chi connectivity index (χ3n) is 1.55. The Balaban J connectivity index is 3.07. The van der Waals surface area contributed by atoms with Crippen LogP contribution in [0.3, 0.4) is 0 Å². The maximum absolute atomic E-state index is 11.0. The number of nitrogen functional groups attached to an aromatic ring is 1. The van der Waals surface area contributed by atoms with Gasteiger partial charge in [0, 0.05) is 0 Å². The van der Waals surface area contributed by atoms with Crippen molar-refractivity contribution in [2.45, 2.75) is 13.3 Å². The molecule has 0 fully saturated rings. The molecule has 0 radical (unpaired) electrons. The molecule has 0 saturated carbocycles. The largest absolute Gasteiger partial charge is 0.464 e. The first kappa shape index (κ1) is 8.58. The summed E-state index contributed by atoms with van der Waals surface area (Å²) in [6, 6.07) is 0. The normalized spacial score (nSPS) is 9.83. The highest BCUT2D eigenvalue weighted by Crippen LogP contribution is 2.17. The van der Waals surface area contributed by atoms with E-state index in [4.69, 9.17) is 5.73 Å². The van der Waals surface area contributed by atoms with E-state index >= 15 is 0 Å². The predicted octanol–water partition coefficient (Wildman–Crippen LogP) is 0.606. The standard InChI is InChI=1S/C7H10N2O3/c1-3-4-5(7(10)11-2)9-12-6(4)8/h3,8H2,1-2H3. The molecule has 5 heteroatoms. The zero-order valence-corrected chi connectivity index (χ0v) is 6.96. The van der Waals surface area contributed by atoms with Crippen molar-refractivity contribution < 1.29 is 14.1 Å². The lowest BCUT2D eigenvalue weighted by Crippen LogP contribution is -2.05. The average molecular weight is 170 g/mol. The van der Waals surface area contributed by atoms with Gasteiger partial charge in [0.25, 0.3) is 0 Å². The summed E-state index contributed by atoms with van der Waals surface area (Å²) >= 11 is 0. The SMILES string of the molecule is CCc1c(C(=O)OC)noc1N. The average Bonchev–Trinajstić information content (AvgIpc) is 2.45. The van der Waals surface area contributed by atoms with Gasteiger partial charge in [0.2, 0.25) is 5.88 Å². The van der Waals surface area contributed by atoms with Crippen molar-refractivity contribution in [3.8, 4) is 0 Å². The molecule has 0 amide bonds. The highest BCUT2D eigenvalue weighted by molar-refractivity contribution is 5.89. The maximum Gasteiger partial charge on any atom is 0.360 e. The lowest BCUT2D eigenvalue weighted by atomic mass is 10.2. The third kappa shape index (κ3) is 1.25. The lowest BCUT2D eigenvalue weighted by Gasteiger charge is -1.95. The fourth-order valence-electron chi connectivity index (χ4n) is 0.921. The van der Waals surface area contributed by atoms with E-state index in [2.05, 4.69) is 14.4 Å². The molecule has 66 valence electrons. The van der Waals surface area contributed by atoms with Crippen LogP contribution in [0.5, 0.6) is 0 Å². The van der Waals surface area contributed by atoms with Crippen LogP contribution in [-0.2, 0) is 11.2 Å². The van der Waals surface area contributed by atoms with Gasteiger partial charge in [-0.15, -0.1) is 0 Å². The second-order valence-corrected chi connectivity index (χ2v) is 2.22. The minimum atomic E-state index is -0.521. The fourth-order valence-corrected chi connectivity index (χ4v) is 0.921. The summed E-state index contributed by atoms with van der Waals surface area (Å²) in [5.74, 6) is -0.342. The van der Waals surface area contributed by atoms with Crippen LogP contribution in [0.15, 0.2) is 4.52 Å². The van der Waals surface area contributed by atoms with Gasteiger partial charge in [-0.2, -0.15) is 0 Å². The van der Waals surface area contributed by atoms with Gasteiger partial charge in [0.05, 0.1) is 12.7 Å². The van der Waals surface area contributed by atoms with E-state index in [1.165, 1.54) is 7.11 Å². The number of methoxy groups -OCH3 is 1. The van der Waals surface area contributed by atoms with Crippen molar-refractivity contribution in [2.24, 2.45) is 0 Å². The minimum Gasteiger partial charge on any atom is -0.464 e. The van der Waals surface area contributed by atoms with Crippen molar-refractivity contribution >= 4 is 11.9 Å². The molecule has 0 atom stereocenters. The second-order valence-electron chi connectivity index (χ2n) is 2.22. The second kappa shape index (κ2) is 3.25. The van der Waals surface area contributed by atoms with Gasteiger partial charge in [-0.1, -0.05) is 12.1 Å². The van der Waals surface area contributed by atoms with Crippen molar-refractivity contribution in [3.05, 3.63) is 11.3 Å². The highest BCUT2D eigenvalue weighted by Gasteiger charge is 2.18. The molecule has 1 aromatic rings. The molecule has 0 unspecified atom stereocenters. The summed E-state index contributed by atoms with van der Waals surface area (Å²) in [5.41, 5.74) is 6.17. The van der Waals surface area contributed by atoms with Gasteiger partial charge in [-0.05, 0) is 6.42 Å². The molecule has 1 aromatic heterocycles. The number of nitrogens with two attached hydrogens (primary N) is 1. The maximum atomic E-state index is 11.0. The van der Waals surface area contributed by atoms with Gasteiger partial charge in [0.1, 0.15) is 0 Å². The van der Waals surface area contributed by atoms with E-state index in [1.807, 2.05) is 6.92 Å². The Hall–Kier alpha value is -1.52. The van der Waals surface area contributed by atoms with Crippen molar-refractivity contribution in [1.29, 1.82) is 0 Å². The number of hydrogen-bond acceptors (Lipinski definition) is 5. The number of nitrogens with zero attached hydrogens (tertiary/aromatic N) is 1. The van der Waals surface area contributed by atoms with Gasteiger partial charge in [-0.3, -0.25) is 0 Å². The van der Waals surface area contributed by atoms with Crippen LogP contribution in [-0.4, -0.2) is 18.2 Å². The zero-order chi connectivity index (χ0) is 9.14. The molecule has 0 aromatic carbocycles. The lowest BCUT2D eigenvalue weighted by molar-refractivity contribution is 0.0588. The number of esters is 1. The Kier molecular flexibility index (Phi) is 2.32. The molecule has 0 saturated heterocycles. The molecule has 1 rings (SSSR count). The van der Waals surface area contributed by atoms with Gasteiger partial charge in [0.15, 0.2) is 5.69 Å². The molecule has 2 N–H and O–H groups in total. The first-order valence-electron chi connectivity index (χ1n) is 3.53. The summed E-state index contributed by atoms with van der Waals surface area (Å²) < 4.78 is 9.11. The predicted molar refractivity (Wildman–Crippen MR) is 41.6 cm³/mol. The van der Waals surface area contributed by atoms with E-state index in [0.29, 0.717) is 12.0 Å². The fraction of sp³-hybridized carbons (Fsp3) is 0.429. The molecule has 0 spiro atoms. The summed E-state index contributed by atoms with van der Waals surface area (Å²) in [6.07, 6.45) is 0.597. The van der Waals surface area contributed by atoms with E-state index < -0.39 is 5.97 Å². The topological polar surface area (TPSA) is 78.3 Å². The first-order chi connectivity index (χ1) is 5.70. The molecule has 0 aliphatic carbocycles. The number of carbonyl (C=O) groups is 1. The highest BCUT2D eigenvalue weighted by atomic mass is 16.5. The Morgan fingerprint density at radius 1 is 1.75 bits per heavy atom. The van der Waals surface area contributed by atoms with Crippen LogP contribution in [0.2, 0.25) is 0 Å². The van der Waals surface area contributed by atoms with Crippen molar-refractivity contribution in [3.63, 3.8) is 0 Å². The minimum absolute atomic E-state index is 0.164. The summed E-state index contributed by atoms with van der Waals surface area (Å²) in [5, 5.41) is 3.48. The molecule has 1 heterocycles. The third-order valence-corrected chi connectivity index (χ3v) is 1.55. The van der Waals surface area contributed by atoms with Gasteiger partial charge < -0.3 is 15.0 Å². The van der Waals surface area contributed by atoms with Crippen LogP contribution in [0, 0.1) is 0 Å². The first-order valence-corrected chi connectivity index (χ1v) is 3.53. The number of rotatable bonds is 2. The molecule has 12 heavy (non-hydrogen) atoms. The van der Waals surface area contributed by atoms with Crippen LogP contribution < -0.4 is 5.73 Å². The van der Waals surface area contributed by atoms with E-state index in [1.54, 1.807) is 0 Å². The van der Waals surface area contributed by atoms with Crippen LogP contribution in [0.1, 0.15) is 23.0 Å². The summed E-state index contributed by atoms with van der Waals surface area (Å²) in [6.45, 7) is 1.86. The monoisotopic (exact) mass is 170 g/mol. The summed E-state index contributed by atoms with van der Waals surface area (Å²) in [7, 11) is 1.28. The Morgan fingerprint density at radius 3 is 2.92 bits per heavy atom. The van der Waals surface area contributed by atoms with Gasteiger partial charge in [-0.25, -0.2) is 4.79 Å². The molecule has 0 aliphatic rings. The molecular weight excluding hydrogens is 160 g/mol. The van der Waals surface area contributed by atoms with Crippen LogP contribution in [0.4, 0.5) is 5.88 Å². The van der Waals surface area contributed by atoms with Crippen molar-refractivity contribution in [1.82, 2.24) is 5.16 Å². The summed E-state index contributed by atoms with van der Waals surface area (Å²) in [4.78, 5) is 11.0. The molecule has 5 nitrogen and oxygen atoms in total. The molecule has 0 bridgehead atoms. The van der Waals surface area contributed by atoms with E-state index in [-0.39, 0.29) is 11.6 Å². The zero-order valence-electron chi connectivity index (χ0n) is 6.96. The Labute approximate surface area is 69.5 Å². The van der Waals surface area contributed by atoms with E-state index in [0.717, 1.165) is 0 Å².